The molecule has 1 aliphatic heterocycles. The lowest BCUT2D eigenvalue weighted by Crippen LogP contribution is -2.37. The van der Waals surface area contributed by atoms with E-state index in [0.29, 0.717) is 6.04 Å². The average Bonchev–Trinajstić information content (AvgIpc) is 2.82. The zero-order chi connectivity index (χ0) is 13.2. The van der Waals surface area contributed by atoms with Crippen LogP contribution >= 0.6 is 15.9 Å². The maximum Gasteiger partial charge on any atom is 0.0351 e. The lowest BCUT2D eigenvalue weighted by molar-refractivity contribution is 0.188. The van der Waals surface area contributed by atoms with E-state index in [9.17, 15) is 0 Å². The standard InChI is InChI=1S/C16H23BrN2/c1-19(11-12-3-2-8-18-10-12)16-7-4-13-9-14(17)5-6-15(13)16/h5-6,9,12,16,18H,2-4,7-8,10-11H2,1H3. The second-order valence-electron chi connectivity index (χ2n) is 6.05. The molecule has 0 aromatic heterocycles. The summed E-state index contributed by atoms with van der Waals surface area (Å²) in [7, 11) is 2.30. The third-order valence-electron chi connectivity index (χ3n) is 4.63. The van der Waals surface area contributed by atoms with Crippen molar-refractivity contribution >= 4 is 15.9 Å². The van der Waals surface area contributed by atoms with Crippen molar-refractivity contribution in [1.29, 1.82) is 0 Å². The molecule has 0 amide bonds. The third-order valence-corrected chi connectivity index (χ3v) is 5.12. The minimum Gasteiger partial charge on any atom is -0.316 e. The molecule has 2 aliphatic rings. The molecular formula is C16H23BrN2. The molecule has 2 atom stereocenters. The fourth-order valence-electron chi connectivity index (χ4n) is 3.64. The number of fused-ring (bicyclic) bond motifs is 1. The summed E-state index contributed by atoms with van der Waals surface area (Å²) in [5, 5.41) is 3.52. The quantitative estimate of drug-likeness (QED) is 0.917. The van der Waals surface area contributed by atoms with Gasteiger partial charge < -0.3 is 5.32 Å². The molecule has 3 rings (SSSR count). The minimum absolute atomic E-state index is 0.630. The Balaban J connectivity index is 1.67. The van der Waals surface area contributed by atoms with Crippen LogP contribution in [0.15, 0.2) is 22.7 Å². The first-order chi connectivity index (χ1) is 9.24. The summed E-state index contributed by atoms with van der Waals surface area (Å²) in [6, 6.07) is 7.43. The molecule has 1 N–H and O–H groups in total. The highest BCUT2D eigenvalue weighted by atomic mass is 79.9. The lowest BCUT2D eigenvalue weighted by atomic mass is 9.98. The predicted octanol–water partition coefficient (Wildman–Crippen LogP) is 3.37. The summed E-state index contributed by atoms with van der Waals surface area (Å²) in [6.07, 6.45) is 5.24. The Bertz CT molecular complexity index is 440. The van der Waals surface area contributed by atoms with Crippen LogP contribution in [0.25, 0.3) is 0 Å². The molecule has 0 saturated carbocycles. The van der Waals surface area contributed by atoms with Crippen LogP contribution in [0.2, 0.25) is 0 Å². The van der Waals surface area contributed by atoms with Gasteiger partial charge in [0.15, 0.2) is 0 Å². The number of hydrogen-bond donors (Lipinski definition) is 1. The van der Waals surface area contributed by atoms with Gasteiger partial charge in [-0.2, -0.15) is 0 Å². The lowest BCUT2D eigenvalue weighted by Gasteiger charge is -2.31. The number of nitrogens with zero attached hydrogens (tertiary/aromatic N) is 1. The molecule has 19 heavy (non-hydrogen) atoms. The van der Waals surface area contributed by atoms with Gasteiger partial charge in [0.05, 0.1) is 0 Å². The van der Waals surface area contributed by atoms with Crippen molar-refractivity contribution in [1.82, 2.24) is 10.2 Å². The fraction of sp³-hybridized carbons (Fsp3) is 0.625. The molecule has 0 spiro atoms. The van der Waals surface area contributed by atoms with Crippen molar-refractivity contribution in [2.45, 2.75) is 31.7 Å². The monoisotopic (exact) mass is 322 g/mol. The van der Waals surface area contributed by atoms with Gasteiger partial charge in [-0.05, 0) is 75.0 Å². The first kappa shape index (κ1) is 13.6. The number of nitrogens with one attached hydrogen (secondary N) is 1. The van der Waals surface area contributed by atoms with Crippen LogP contribution < -0.4 is 5.32 Å². The van der Waals surface area contributed by atoms with Gasteiger partial charge in [0, 0.05) is 17.1 Å². The molecule has 1 aromatic carbocycles. The van der Waals surface area contributed by atoms with Crippen LogP contribution in [0, 0.1) is 5.92 Å². The van der Waals surface area contributed by atoms with Gasteiger partial charge in [-0.25, -0.2) is 0 Å². The van der Waals surface area contributed by atoms with Crippen LogP contribution in [0.1, 0.15) is 36.4 Å². The van der Waals surface area contributed by atoms with Gasteiger partial charge in [0.25, 0.3) is 0 Å². The van der Waals surface area contributed by atoms with Crippen molar-refractivity contribution in [2.24, 2.45) is 5.92 Å². The highest BCUT2D eigenvalue weighted by Gasteiger charge is 2.27. The summed E-state index contributed by atoms with van der Waals surface area (Å²) in [5.41, 5.74) is 3.09. The first-order valence-electron chi connectivity index (χ1n) is 7.43. The van der Waals surface area contributed by atoms with E-state index in [1.54, 1.807) is 5.56 Å². The van der Waals surface area contributed by atoms with Crippen LogP contribution in [-0.4, -0.2) is 31.6 Å². The molecule has 1 fully saturated rings. The van der Waals surface area contributed by atoms with E-state index in [0.717, 1.165) is 5.92 Å². The Hall–Kier alpha value is -0.380. The average molecular weight is 323 g/mol. The predicted molar refractivity (Wildman–Crippen MR) is 83.4 cm³/mol. The van der Waals surface area contributed by atoms with E-state index < -0.39 is 0 Å². The highest BCUT2D eigenvalue weighted by Crippen LogP contribution is 2.36. The van der Waals surface area contributed by atoms with Gasteiger partial charge in [0.1, 0.15) is 0 Å². The summed E-state index contributed by atoms with van der Waals surface area (Å²) in [5.74, 6) is 0.832. The first-order valence-corrected chi connectivity index (χ1v) is 8.22. The molecule has 104 valence electrons. The highest BCUT2D eigenvalue weighted by molar-refractivity contribution is 9.10. The normalized spacial score (nSPS) is 26.7. The molecule has 0 bridgehead atoms. The number of rotatable bonds is 3. The maximum atomic E-state index is 3.58. The maximum absolute atomic E-state index is 3.58. The van der Waals surface area contributed by atoms with Gasteiger partial charge >= 0.3 is 0 Å². The van der Waals surface area contributed by atoms with Crippen LogP contribution in [0.5, 0.6) is 0 Å². The summed E-state index contributed by atoms with van der Waals surface area (Å²) in [4.78, 5) is 2.58. The number of benzene rings is 1. The van der Waals surface area contributed by atoms with Crippen molar-refractivity contribution in [3.05, 3.63) is 33.8 Å². The summed E-state index contributed by atoms with van der Waals surface area (Å²) < 4.78 is 1.21. The largest absolute Gasteiger partial charge is 0.316 e. The van der Waals surface area contributed by atoms with E-state index >= 15 is 0 Å². The Morgan fingerprint density at radius 2 is 2.26 bits per heavy atom. The molecule has 1 aromatic rings. The van der Waals surface area contributed by atoms with E-state index in [1.165, 1.54) is 55.4 Å². The molecule has 2 unspecified atom stereocenters. The molecule has 3 heteroatoms. The SMILES string of the molecule is CN(CC1CCCNC1)C1CCc2cc(Br)ccc21. The van der Waals surface area contributed by atoms with Crippen molar-refractivity contribution in [3.63, 3.8) is 0 Å². The molecule has 1 aliphatic carbocycles. The zero-order valence-electron chi connectivity index (χ0n) is 11.7. The van der Waals surface area contributed by atoms with Crippen LogP contribution in [-0.2, 0) is 6.42 Å². The fourth-order valence-corrected chi connectivity index (χ4v) is 4.04. The second-order valence-corrected chi connectivity index (χ2v) is 6.97. The summed E-state index contributed by atoms with van der Waals surface area (Å²) in [6.45, 7) is 3.64. The van der Waals surface area contributed by atoms with Gasteiger partial charge in [-0.1, -0.05) is 22.0 Å². The number of hydrogen-bond acceptors (Lipinski definition) is 2. The molecular weight excluding hydrogens is 300 g/mol. The molecule has 1 heterocycles. The topological polar surface area (TPSA) is 15.3 Å². The van der Waals surface area contributed by atoms with E-state index in [4.69, 9.17) is 0 Å². The Kier molecular flexibility index (Phi) is 4.25. The molecule has 1 saturated heterocycles. The van der Waals surface area contributed by atoms with Crippen molar-refractivity contribution in [2.75, 3.05) is 26.7 Å². The van der Waals surface area contributed by atoms with Gasteiger partial charge in [0.2, 0.25) is 0 Å². The molecule has 0 radical (unpaired) electrons. The molecule has 2 nitrogen and oxygen atoms in total. The van der Waals surface area contributed by atoms with Crippen LogP contribution in [0.4, 0.5) is 0 Å². The minimum atomic E-state index is 0.630. The van der Waals surface area contributed by atoms with Crippen molar-refractivity contribution < 1.29 is 0 Å². The number of piperidine rings is 1. The van der Waals surface area contributed by atoms with Gasteiger partial charge in [-0.15, -0.1) is 0 Å². The van der Waals surface area contributed by atoms with E-state index in [1.807, 2.05) is 0 Å². The van der Waals surface area contributed by atoms with Crippen molar-refractivity contribution in [3.8, 4) is 0 Å². The Morgan fingerprint density at radius 1 is 1.37 bits per heavy atom. The summed E-state index contributed by atoms with van der Waals surface area (Å²) >= 11 is 3.58. The Morgan fingerprint density at radius 3 is 3.05 bits per heavy atom. The smallest absolute Gasteiger partial charge is 0.0351 e. The second kappa shape index (κ2) is 5.94. The number of aryl methyl sites for hydroxylation is 1. The zero-order valence-corrected chi connectivity index (χ0v) is 13.2. The van der Waals surface area contributed by atoms with E-state index in [2.05, 4.69) is 51.4 Å². The van der Waals surface area contributed by atoms with Gasteiger partial charge in [-0.3, -0.25) is 4.90 Å². The number of halogens is 1. The van der Waals surface area contributed by atoms with E-state index in [-0.39, 0.29) is 0 Å². The third kappa shape index (κ3) is 3.04. The Labute approximate surface area is 124 Å². The van der Waals surface area contributed by atoms with Crippen LogP contribution in [0.3, 0.4) is 0 Å².